The molecule has 1 aliphatic heterocycles. The van der Waals surface area contributed by atoms with Crippen LogP contribution in [0.25, 0.3) is 5.69 Å². The number of halogens is 1. The summed E-state index contributed by atoms with van der Waals surface area (Å²) >= 11 is 5.97. The highest BCUT2D eigenvalue weighted by Gasteiger charge is 2.32. The molecule has 3 rings (SSSR count). The van der Waals surface area contributed by atoms with Gasteiger partial charge >= 0.3 is 0 Å². The number of hydrogen-bond acceptors (Lipinski definition) is 4. The molecule has 6 heteroatoms. The largest absolute Gasteiger partial charge is 0.348 e. The van der Waals surface area contributed by atoms with E-state index in [4.69, 9.17) is 21.1 Å². The number of carbonyl (C=O) groups is 1. The summed E-state index contributed by atoms with van der Waals surface area (Å²) in [6.45, 7) is 9.14. The van der Waals surface area contributed by atoms with Gasteiger partial charge in [0.1, 0.15) is 0 Å². The van der Waals surface area contributed by atoms with Gasteiger partial charge < -0.3 is 19.4 Å². The van der Waals surface area contributed by atoms with Crippen LogP contribution in [0.15, 0.2) is 30.3 Å². The molecule has 0 spiro atoms. The molecule has 1 aromatic heterocycles. The predicted octanol–water partition coefficient (Wildman–Crippen LogP) is 3.67. The summed E-state index contributed by atoms with van der Waals surface area (Å²) in [7, 11) is 0. The van der Waals surface area contributed by atoms with Crippen molar-refractivity contribution in [2.75, 3.05) is 19.7 Å². The van der Waals surface area contributed by atoms with Gasteiger partial charge in [-0.1, -0.05) is 11.6 Å². The number of rotatable bonds is 6. The Balaban J connectivity index is 1.65. The molecular weight excluding hydrogens is 352 g/mol. The molecule has 1 N–H and O–H groups in total. The van der Waals surface area contributed by atoms with Crippen molar-refractivity contribution in [2.24, 2.45) is 0 Å². The molecule has 26 heavy (non-hydrogen) atoms. The first-order valence-electron chi connectivity index (χ1n) is 8.77. The zero-order valence-electron chi connectivity index (χ0n) is 15.6. The lowest BCUT2D eigenvalue weighted by Gasteiger charge is -2.17. The molecule has 0 radical (unpaired) electrons. The van der Waals surface area contributed by atoms with Crippen LogP contribution in [0.2, 0.25) is 5.02 Å². The van der Waals surface area contributed by atoms with Crippen LogP contribution in [0.5, 0.6) is 0 Å². The monoisotopic (exact) mass is 376 g/mol. The van der Waals surface area contributed by atoms with Crippen molar-refractivity contribution in [3.05, 3.63) is 52.3 Å². The minimum Gasteiger partial charge on any atom is -0.348 e. The summed E-state index contributed by atoms with van der Waals surface area (Å²) in [4.78, 5) is 12.6. The first-order chi connectivity index (χ1) is 12.3. The maximum Gasteiger partial charge on any atom is 0.178 e. The van der Waals surface area contributed by atoms with Crippen molar-refractivity contribution in [3.63, 3.8) is 0 Å². The van der Waals surface area contributed by atoms with Crippen LogP contribution in [-0.2, 0) is 9.47 Å². The average molecular weight is 377 g/mol. The van der Waals surface area contributed by atoms with Crippen LogP contribution < -0.4 is 5.32 Å². The normalized spacial score (nSPS) is 19.0. The van der Waals surface area contributed by atoms with Crippen molar-refractivity contribution in [3.8, 4) is 5.69 Å². The fourth-order valence-corrected chi connectivity index (χ4v) is 3.46. The van der Waals surface area contributed by atoms with E-state index in [1.165, 1.54) is 0 Å². The minimum absolute atomic E-state index is 0.0284. The second kappa shape index (κ2) is 7.53. The third kappa shape index (κ3) is 4.18. The van der Waals surface area contributed by atoms with E-state index in [0.29, 0.717) is 18.2 Å². The zero-order chi connectivity index (χ0) is 18.9. The highest BCUT2D eigenvalue weighted by atomic mass is 35.5. The SMILES string of the molecule is Cc1cc(C(=O)CNCC2COC(C)(C)O2)c(C)n1-c1ccc(Cl)cc1. The van der Waals surface area contributed by atoms with Crippen molar-refractivity contribution in [1.82, 2.24) is 9.88 Å². The Bertz CT molecular complexity index is 796. The summed E-state index contributed by atoms with van der Waals surface area (Å²) < 4.78 is 13.3. The zero-order valence-corrected chi connectivity index (χ0v) is 16.4. The number of ketones is 1. The van der Waals surface area contributed by atoms with Crippen LogP contribution >= 0.6 is 11.6 Å². The van der Waals surface area contributed by atoms with Gasteiger partial charge in [0.05, 0.1) is 19.3 Å². The van der Waals surface area contributed by atoms with E-state index in [9.17, 15) is 4.79 Å². The van der Waals surface area contributed by atoms with Crippen molar-refractivity contribution >= 4 is 17.4 Å². The topological polar surface area (TPSA) is 52.5 Å². The number of carbonyl (C=O) groups excluding carboxylic acids is 1. The van der Waals surface area contributed by atoms with E-state index in [0.717, 1.165) is 22.6 Å². The first-order valence-corrected chi connectivity index (χ1v) is 9.15. The maximum absolute atomic E-state index is 12.6. The number of Topliss-reactive ketones (excluding diaryl/α,β-unsaturated/α-hetero) is 1. The van der Waals surface area contributed by atoms with Gasteiger partial charge in [-0.3, -0.25) is 4.79 Å². The Labute approximate surface area is 159 Å². The summed E-state index contributed by atoms with van der Waals surface area (Å²) in [6, 6.07) is 9.54. The molecule has 2 heterocycles. The Morgan fingerprint density at radius 1 is 1.31 bits per heavy atom. The van der Waals surface area contributed by atoms with Crippen LogP contribution in [0.4, 0.5) is 0 Å². The molecule has 1 saturated heterocycles. The third-order valence-corrected chi connectivity index (χ3v) is 4.79. The summed E-state index contributed by atoms with van der Waals surface area (Å²) in [5, 5.41) is 3.88. The number of benzene rings is 1. The van der Waals surface area contributed by atoms with Gasteiger partial charge in [-0.05, 0) is 58.0 Å². The second-order valence-corrected chi connectivity index (χ2v) is 7.54. The molecule has 1 unspecified atom stereocenters. The predicted molar refractivity (Wildman–Crippen MR) is 102 cm³/mol. The molecule has 0 aliphatic carbocycles. The van der Waals surface area contributed by atoms with Crippen LogP contribution in [-0.4, -0.2) is 41.9 Å². The van der Waals surface area contributed by atoms with E-state index < -0.39 is 5.79 Å². The molecule has 1 aliphatic rings. The van der Waals surface area contributed by atoms with Crippen LogP contribution in [0.3, 0.4) is 0 Å². The Hall–Kier alpha value is -1.66. The standard InChI is InChI=1S/C20H25ClN2O3/c1-13-9-18(14(2)23(13)16-7-5-15(21)6-8-16)19(24)11-22-10-17-12-25-20(3,4)26-17/h5-9,17,22H,10-12H2,1-4H3. The quantitative estimate of drug-likeness (QED) is 0.781. The van der Waals surface area contributed by atoms with Gasteiger partial charge in [0.25, 0.3) is 0 Å². The first kappa shape index (κ1) is 19.1. The van der Waals surface area contributed by atoms with Crippen molar-refractivity contribution in [2.45, 2.75) is 39.6 Å². The Kier molecular flexibility index (Phi) is 5.53. The van der Waals surface area contributed by atoms with Crippen molar-refractivity contribution < 1.29 is 14.3 Å². The lowest BCUT2D eigenvalue weighted by molar-refractivity contribution is -0.137. The highest BCUT2D eigenvalue weighted by Crippen LogP contribution is 2.23. The molecule has 2 aromatic rings. The smallest absolute Gasteiger partial charge is 0.178 e. The molecule has 140 valence electrons. The molecule has 0 amide bonds. The number of nitrogens with zero attached hydrogens (tertiary/aromatic N) is 1. The molecule has 1 atom stereocenters. The second-order valence-electron chi connectivity index (χ2n) is 7.10. The van der Waals surface area contributed by atoms with E-state index in [2.05, 4.69) is 9.88 Å². The molecule has 5 nitrogen and oxygen atoms in total. The van der Waals surface area contributed by atoms with Gasteiger partial charge in [0, 0.05) is 34.2 Å². The number of ether oxygens (including phenoxy) is 2. The molecule has 1 fully saturated rings. The number of nitrogens with one attached hydrogen (secondary N) is 1. The molecular formula is C20H25ClN2O3. The number of hydrogen-bond donors (Lipinski definition) is 1. The van der Waals surface area contributed by atoms with E-state index in [-0.39, 0.29) is 18.4 Å². The Morgan fingerprint density at radius 2 is 2.00 bits per heavy atom. The van der Waals surface area contributed by atoms with Gasteiger partial charge in [-0.2, -0.15) is 0 Å². The lowest BCUT2D eigenvalue weighted by atomic mass is 10.1. The number of aromatic nitrogens is 1. The van der Waals surface area contributed by atoms with Crippen LogP contribution in [0.1, 0.15) is 35.6 Å². The maximum atomic E-state index is 12.6. The van der Waals surface area contributed by atoms with E-state index in [1.54, 1.807) is 0 Å². The minimum atomic E-state index is -0.542. The highest BCUT2D eigenvalue weighted by molar-refractivity contribution is 6.30. The third-order valence-electron chi connectivity index (χ3n) is 4.54. The average Bonchev–Trinajstić information content (AvgIpc) is 3.07. The van der Waals surface area contributed by atoms with E-state index in [1.807, 2.05) is 58.0 Å². The molecule has 0 bridgehead atoms. The van der Waals surface area contributed by atoms with Crippen molar-refractivity contribution in [1.29, 1.82) is 0 Å². The summed E-state index contributed by atoms with van der Waals surface area (Å²) in [6.07, 6.45) is -0.0284. The number of aryl methyl sites for hydroxylation is 1. The summed E-state index contributed by atoms with van der Waals surface area (Å²) in [5.41, 5.74) is 3.67. The van der Waals surface area contributed by atoms with E-state index >= 15 is 0 Å². The van der Waals surface area contributed by atoms with Gasteiger partial charge in [0.2, 0.25) is 0 Å². The Morgan fingerprint density at radius 3 is 2.62 bits per heavy atom. The molecule has 0 saturated carbocycles. The lowest BCUT2D eigenvalue weighted by Crippen LogP contribution is -2.33. The summed E-state index contributed by atoms with van der Waals surface area (Å²) in [5.74, 6) is -0.476. The van der Waals surface area contributed by atoms with Gasteiger partial charge in [-0.25, -0.2) is 0 Å². The van der Waals surface area contributed by atoms with Gasteiger partial charge in [0.15, 0.2) is 11.6 Å². The van der Waals surface area contributed by atoms with Crippen LogP contribution in [0, 0.1) is 13.8 Å². The fourth-order valence-electron chi connectivity index (χ4n) is 3.34. The van der Waals surface area contributed by atoms with Gasteiger partial charge in [-0.15, -0.1) is 0 Å². The molecule has 1 aromatic carbocycles. The fraction of sp³-hybridized carbons (Fsp3) is 0.450.